The first-order valence-electron chi connectivity index (χ1n) is 8.79. The Morgan fingerprint density at radius 3 is 2.59 bits per heavy atom. The maximum absolute atomic E-state index is 4.49. The molecule has 0 spiro atoms. The van der Waals surface area contributed by atoms with Gasteiger partial charge in [-0.25, -0.2) is 9.97 Å². The molecule has 5 aromatic rings. The highest BCUT2D eigenvalue weighted by atomic mass is 15.1. The van der Waals surface area contributed by atoms with Gasteiger partial charge in [0.1, 0.15) is 12.1 Å². The average Bonchev–Trinajstić information content (AvgIpc) is 3.18. The lowest BCUT2D eigenvalue weighted by Crippen LogP contribution is -1.96. The Kier molecular flexibility index (Phi) is 3.57. The van der Waals surface area contributed by atoms with Crippen molar-refractivity contribution in [2.24, 2.45) is 0 Å². The molecule has 2 aromatic heterocycles. The number of aromatic nitrogens is 4. The van der Waals surface area contributed by atoms with Crippen LogP contribution in [0.1, 0.15) is 5.56 Å². The van der Waals surface area contributed by atoms with E-state index < -0.39 is 0 Å². The van der Waals surface area contributed by atoms with Crippen molar-refractivity contribution >= 4 is 33.3 Å². The second-order valence-corrected chi connectivity index (χ2v) is 6.58. The summed E-state index contributed by atoms with van der Waals surface area (Å²) >= 11 is 0. The van der Waals surface area contributed by atoms with Crippen molar-refractivity contribution in [2.75, 3.05) is 5.32 Å². The maximum Gasteiger partial charge on any atom is 0.141 e. The Labute approximate surface area is 156 Å². The largest absolute Gasteiger partial charge is 0.339 e. The summed E-state index contributed by atoms with van der Waals surface area (Å²) in [7, 11) is 0. The summed E-state index contributed by atoms with van der Waals surface area (Å²) in [5.41, 5.74) is 6.41. The van der Waals surface area contributed by atoms with Crippen LogP contribution in [0.3, 0.4) is 0 Å². The Morgan fingerprint density at radius 1 is 0.852 bits per heavy atom. The fraction of sp³-hybridized carbons (Fsp3) is 0.0455. The Morgan fingerprint density at radius 2 is 1.70 bits per heavy atom. The Bertz CT molecular complexity index is 1250. The summed E-state index contributed by atoms with van der Waals surface area (Å²) in [4.78, 5) is 8.90. The lowest BCUT2D eigenvalue weighted by molar-refractivity contribution is 1.12. The van der Waals surface area contributed by atoms with Gasteiger partial charge in [0.05, 0.1) is 22.9 Å². The van der Waals surface area contributed by atoms with Crippen molar-refractivity contribution in [1.82, 2.24) is 20.2 Å². The van der Waals surface area contributed by atoms with E-state index in [0.717, 1.165) is 38.9 Å². The van der Waals surface area contributed by atoms with Crippen LogP contribution < -0.4 is 5.32 Å². The van der Waals surface area contributed by atoms with Gasteiger partial charge in [-0.3, -0.25) is 5.10 Å². The number of anilines is 2. The maximum atomic E-state index is 4.49. The molecule has 5 heteroatoms. The third-order valence-corrected chi connectivity index (χ3v) is 4.76. The molecule has 0 unspecified atom stereocenters. The van der Waals surface area contributed by atoms with Crippen LogP contribution in [0.15, 0.2) is 73.2 Å². The topological polar surface area (TPSA) is 66.5 Å². The standard InChI is InChI=1S/C22H17N5/c1-14-5-7-15(8-6-14)16-9-10-19-17(11-16)22(24-13-23-19)26-20-3-2-4-21-18(20)12-25-27-21/h2-13H,1H3,(H,25,27)(H,23,24,26). The summed E-state index contributed by atoms with van der Waals surface area (Å²) in [6, 6.07) is 20.8. The van der Waals surface area contributed by atoms with Crippen molar-refractivity contribution in [1.29, 1.82) is 0 Å². The van der Waals surface area contributed by atoms with E-state index in [2.05, 4.69) is 68.8 Å². The third kappa shape index (κ3) is 2.79. The molecule has 2 heterocycles. The van der Waals surface area contributed by atoms with E-state index in [4.69, 9.17) is 0 Å². The molecule has 130 valence electrons. The fourth-order valence-corrected chi connectivity index (χ4v) is 3.29. The van der Waals surface area contributed by atoms with Crippen molar-refractivity contribution in [2.45, 2.75) is 6.92 Å². The van der Waals surface area contributed by atoms with Gasteiger partial charge >= 0.3 is 0 Å². The Hall–Kier alpha value is -3.73. The number of fused-ring (bicyclic) bond motifs is 2. The van der Waals surface area contributed by atoms with E-state index in [0.29, 0.717) is 0 Å². The van der Waals surface area contributed by atoms with Gasteiger partial charge in [0, 0.05) is 10.8 Å². The van der Waals surface area contributed by atoms with Crippen LogP contribution in [0.25, 0.3) is 32.9 Å². The highest BCUT2D eigenvalue weighted by Crippen LogP contribution is 2.30. The lowest BCUT2D eigenvalue weighted by Gasteiger charge is -2.11. The van der Waals surface area contributed by atoms with Crippen molar-refractivity contribution < 1.29 is 0 Å². The molecular weight excluding hydrogens is 334 g/mol. The summed E-state index contributed by atoms with van der Waals surface area (Å²) in [6.07, 6.45) is 3.41. The molecule has 5 rings (SSSR count). The zero-order valence-corrected chi connectivity index (χ0v) is 14.8. The minimum absolute atomic E-state index is 0.780. The van der Waals surface area contributed by atoms with E-state index in [1.54, 1.807) is 6.33 Å². The van der Waals surface area contributed by atoms with Gasteiger partial charge in [0.15, 0.2) is 0 Å². The SMILES string of the molecule is Cc1ccc(-c2ccc3ncnc(Nc4cccc5[nH]ncc45)c3c2)cc1. The minimum atomic E-state index is 0.780. The molecule has 0 atom stereocenters. The van der Waals surface area contributed by atoms with E-state index >= 15 is 0 Å². The van der Waals surface area contributed by atoms with Gasteiger partial charge < -0.3 is 5.32 Å². The molecule has 2 N–H and O–H groups in total. The van der Waals surface area contributed by atoms with Gasteiger partial charge in [0.2, 0.25) is 0 Å². The number of aryl methyl sites for hydroxylation is 1. The first-order valence-corrected chi connectivity index (χ1v) is 8.79. The van der Waals surface area contributed by atoms with Gasteiger partial charge in [-0.1, -0.05) is 42.0 Å². The third-order valence-electron chi connectivity index (χ3n) is 4.76. The van der Waals surface area contributed by atoms with Crippen LogP contribution in [0.4, 0.5) is 11.5 Å². The number of benzene rings is 3. The highest BCUT2D eigenvalue weighted by molar-refractivity contribution is 5.98. The molecular formula is C22H17N5. The molecule has 0 fully saturated rings. The summed E-state index contributed by atoms with van der Waals surface area (Å²) in [5.74, 6) is 0.780. The number of hydrogen-bond donors (Lipinski definition) is 2. The summed E-state index contributed by atoms with van der Waals surface area (Å²) < 4.78 is 0. The molecule has 5 nitrogen and oxygen atoms in total. The molecule has 27 heavy (non-hydrogen) atoms. The number of H-pyrrole nitrogens is 1. The van der Waals surface area contributed by atoms with Crippen LogP contribution >= 0.6 is 0 Å². The number of aromatic amines is 1. The first kappa shape index (κ1) is 15.5. The van der Waals surface area contributed by atoms with E-state index in [-0.39, 0.29) is 0 Å². The number of nitrogens with one attached hydrogen (secondary N) is 2. The van der Waals surface area contributed by atoms with Crippen molar-refractivity contribution in [3.63, 3.8) is 0 Å². The number of hydrogen-bond acceptors (Lipinski definition) is 4. The molecule has 0 aliphatic rings. The minimum Gasteiger partial charge on any atom is -0.339 e. The van der Waals surface area contributed by atoms with Gasteiger partial charge in [-0.2, -0.15) is 5.10 Å². The predicted molar refractivity (Wildman–Crippen MR) is 109 cm³/mol. The molecule has 0 aliphatic carbocycles. The normalized spacial score (nSPS) is 11.1. The smallest absolute Gasteiger partial charge is 0.141 e. The highest BCUT2D eigenvalue weighted by Gasteiger charge is 2.09. The van der Waals surface area contributed by atoms with E-state index in [1.165, 1.54) is 11.1 Å². The monoisotopic (exact) mass is 351 g/mol. The van der Waals surface area contributed by atoms with Crippen molar-refractivity contribution in [3.05, 3.63) is 78.8 Å². The molecule has 0 saturated heterocycles. The predicted octanol–water partition coefficient (Wildman–Crippen LogP) is 5.23. The first-order chi connectivity index (χ1) is 13.3. The van der Waals surface area contributed by atoms with Crippen LogP contribution in [-0.4, -0.2) is 20.2 Å². The fourth-order valence-electron chi connectivity index (χ4n) is 3.29. The number of nitrogens with zero attached hydrogens (tertiary/aromatic N) is 3. The molecule has 0 amide bonds. The molecule has 0 bridgehead atoms. The van der Waals surface area contributed by atoms with Crippen LogP contribution in [0, 0.1) is 6.92 Å². The quantitative estimate of drug-likeness (QED) is 0.467. The average molecular weight is 351 g/mol. The van der Waals surface area contributed by atoms with E-state index in [1.807, 2.05) is 30.5 Å². The van der Waals surface area contributed by atoms with E-state index in [9.17, 15) is 0 Å². The van der Waals surface area contributed by atoms with Crippen LogP contribution in [0.5, 0.6) is 0 Å². The summed E-state index contributed by atoms with van der Waals surface area (Å²) in [5, 5.41) is 12.6. The molecule has 0 aliphatic heterocycles. The summed E-state index contributed by atoms with van der Waals surface area (Å²) in [6.45, 7) is 2.09. The van der Waals surface area contributed by atoms with Gasteiger partial charge in [0.25, 0.3) is 0 Å². The zero-order chi connectivity index (χ0) is 18.2. The van der Waals surface area contributed by atoms with Crippen molar-refractivity contribution in [3.8, 4) is 11.1 Å². The molecule has 0 saturated carbocycles. The lowest BCUT2D eigenvalue weighted by atomic mass is 10.0. The van der Waals surface area contributed by atoms with Gasteiger partial charge in [-0.05, 0) is 42.3 Å². The second kappa shape index (κ2) is 6.21. The van der Waals surface area contributed by atoms with Gasteiger partial charge in [-0.15, -0.1) is 0 Å². The van der Waals surface area contributed by atoms with Crippen LogP contribution in [-0.2, 0) is 0 Å². The second-order valence-electron chi connectivity index (χ2n) is 6.58. The number of rotatable bonds is 3. The molecule has 0 radical (unpaired) electrons. The zero-order valence-electron chi connectivity index (χ0n) is 14.8. The Balaban J connectivity index is 1.62. The van der Waals surface area contributed by atoms with Crippen LogP contribution in [0.2, 0.25) is 0 Å². The molecule has 3 aromatic carbocycles.